The highest BCUT2D eigenvalue weighted by molar-refractivity contribution is 7.80. The zero-order valence-corrected chi connectivity index (χ0v) is 18.3. The average Bonchev–Trinajstić information content (AvgIpc) is 2.68. The number of amides is 1. The molecule has 0 aromatic heterocycles. The Hall–Kier alpha value is -2.57. The molecule has 3 N–H and O–H groups in total. The molecule has 7 heteroatoms. The molecule has 2 aromatic carbocycles. The minimum atomic E-state index is -0.339. The normalized spacial score (nSPS) is 16.1. The van der Waals surface area contributed by atoms with Gasteiger partial charge in [0.1, 0.15) is 0 Å². The van der Waals surface area contributed by atoms with Crippen molar-refractivity contribution in [2.45, 2.75) is 26.8 Å². The molecule has 0 radical (unpaired) electrons. The van der Waals surface area contributed by atoms with E-state index in [0.717, 1.165) is 30.0 Å². The number of thiocarbonyl (C=S) groups is 1. The van der Waals surface area contributed by atoms with Gasteiger partial charge in [-0.1, -0.05) is 29.8 Å². The van der Waals surface area contributed by atoms with Gasteiger partial charge in [0.15, 0.2) is 5.11 Å². The number of benzene rings is 2. The molecule has 3 rings (SSSR count). The Balaban J connectivity index is 1.90. The number of nitrogens with zero attached hydrogens (tertiary/aromatic N) is 1. The summed E-state index contributed by atoms with van der Waals surface area (Å²) in [6.45, 7) is 8.01. The summed E-state index contributed by atoms with van der Waals surface area (Å²) in [6.07, 6.45) is 0. The van der Waals surface area contributed by atoms with E-state index >= 15 is 0 Å². The first kappa shape index (κ1) is 21.1. The largest absolute Gasteiger partial charge is 0.372 e. The van der Waals surface area contributed by atoms with Crippen molar-refractivity contribution in [1.29, 1.82) is 0 Å². The van der Waals surface area contributed by atoms with Gasteiger partial charge in [-0.15, -0.1) is 0 Å². The quantitative estimate of drug-likeness (QED) is 0.586. The third kappa shape index (κ3) is 4.89. The summed E-state index contributed by atoms with van der Waals surface area (Å²) in [5.74, 6) is -0.204. The van der Waals surface area contributed by atoms with Crippen molar-refractivity contribution in [3.05, 3.63) is 70.4 Å². The van der Waals surface area contributed by atoms with E-state index in [0.29, 0.717) is 21.4 Å². The molecule has 0 fully saturated rings. The van der Waals surface area contributed by atoms with Crippen molar-refractivity contribution in [3.63, 3.8) is 0 Å². The lowest BCUT2D eigenvalue weighted by atomic mass is 9.94. The molecule has 1 aliphatic heterocycles. The number of allylic oxidation sites excluding steroid dienone is 1. The van der Waals surface area contributed by atoms with Gasteiger partial charge in [0, 0.05) is 35.2 Å². The summed E-state index contributed by atoms with van der Waals surface area (Å²) in [4.78, 5) is 15.4. The minimum absolute atomic E-state index is 0.204. The smallest absolute Gasteiger partial charge is 0.255 e. The average molecular weight is 429 g/mol. The standard InChI is InChI=1S/C22H25ClN4OS/c1-4-27(5-2)18-11-9-15(10-12-18)20-19(14(3)24-22(29)26-20)21(28)25-17-8-6-7-16(23)13-17/h6-13,20H,4-5H2,1-3H3,(H,25,28)(H2,24,26,29). The van der Waals surface area contributed by atoms with Crippen LogP contribution in [0.15, 0.2) is 59.8 Å². The van der Waals surface area contributed by atoms with Crippen LogP contribution in [-0.4, -0.2) is 24.1 Å². The predicted molar refractivity (Wildman–Crippen MR) is 124 cm³/mol. The molecule has 0 spiro atoms. The van der Waals surface area contributed by atoms with Crippen LogP contribution in [0.3, 0.4) is 0 Å². The van der Waals surface area contributed by atoms with Crippen LogP contribution in [0.1, 0.15) is 32.4 Å². The molecular weight excluding hydrogens is 404 g/mol. The van der Waals surface area contributed by atoms with E-state index in [1.165, 1.54) is 0 Å². The maximum absolute atomic E-state index is 13.1. The molecular formula is C22H25ClN4OS. The predicted octanol–water partition coefficient (Wildman–Crippen LogP) is 4.62. The molecule has 0 bridgehead atoms. The van der Waals surface area contributed by atoms with Crippen LogP contribution in [-0.2, 0) is 4.79 Å². The molecule has 2 aromatic rings. The zero-order chi connectivity index (χ0) is 21.0. The van der Waals surface area contributed by atoms with Crippen molar-refractivity contribution < 1.29 is 4.79 Å². The fraction of sp³-hybridized carbons (Fsp3) is 0.273. The van der Waals surface area contributed by atoms with E-state index in [1.807, 2.05) is 25.1 Å². The molecule has 1 amide bonds. The van der Waals surface area contributed by atoms with E-state index in [-0.39, 0.29) is 11.9 Å². The zero-order valence-electron chi connectivity index (χ0n) is 16.8. The molecule has 0 saturated heterocycles. The monoisotopic (exact) mass is 428 g/mol. The summed E-state index contributed by atoms with van der Waals surface area (Å²) < 4.78 is 0. The molecule has 0 aliphatic carbocycles. The van der Waals surface area contributed by atoms with Gasteiger partial charge in [-0.3, -0.25) is 4.79 Å². The second-order valence-electron chi connectivity index (χ2n) is 6.80. The van der Waals surface area contributed by atoms with Gasteiger partial charge in [-0.25, -0.2) is 0 Å². The van der Waals surface area contributed by atoms with Crippen LogP contribution in [0.5, 0.6) is 0 Å². The van der Waals surface area contributed by atoms with E-state index in [4.69, 9.17) is 23.8 Å². The molecule has 5 nitrogen and oxygen atoms in total. The number of hydrogen-bond acceptors (Lipinski definition) is 3. The first-order valence-electron chi connectivity index (χ1n) is 9.63. The lowest BCUT2D eigenvalue weighted by Crippen LogP contribution is -2.45. The number of carbonyl (C=O) groups is 1. The third-order valence-corrected chi connectivity index (χ3v) is 5.41. The Morgan fingerprint density at radius 2 is 1.86 bits per heavy atom. The molecule has 1 unspecified atom stereocenters. The molecule has 1 aliphatic rings. The number of hydrogen-bond donors (Lipinski definition) is 3. The maximum Gasteiger partial charge on any atom is 0.255 e. The van der Waals surface area contributed by atoms with Crippen LogP contribution < -0.4 is 20.9 Å². The summed E-state index contributed by atoms with van der Waals surface area (Å²) in [5.41, 5.74) is 4.09. The van der Waals surface area contributed by atoms with Gasteiger partial charge in [0.05, 0.1) is 11.6 Å². The molecule has 152 valence electrons. The Kier molecular flexibility index (Phi) is 6.77. The SMILES string of the molecule is CCN(CC)c1ccc(C2NC(=S)NC(C)=C2C(=O)Nc2cccc(Cl)c2)cc1. The van der Waals surface area contributed by atoms with E-state index in [2.05, 4.69) is 46.8 Å². The van der Waals surface area contributed by atoms with Crippen LogP contribution in [0.25, 0.3) is 0 Å². The fourth-order valence-corrected chi connectivity index (χ4v) is 3.94. The highest BCUT2D eigenvalue weighted by Crippen LogP contribution is 2.29. The van der Waals surface area contributed by atoms with Crippen molar-refractivity contribution >= 4 is 46.2 Å². The summed E-state index contributed by atoms with van der Waals surface area (Å²) in [5, 5.41) is 10.3. The Morgan fingerprint density at radius 3 is 2.48 bits per heavy atom. The lowest BCUT2D eigenvalue weighted by molar-refractivity contribution is -0.113. The first-order chi connectivity index (χ1) is 13.9. The highest BCUT2D eigenvalue weighted by atomic mass is 35.5. The van der Waals surface area contributed by atoms with Gasteiger partial charge in [0.25, 0.3) is 5.91 Å². The number of carbonyl (C=O) groups excluding carboxylic acids is 1. The first-order valence-corrected chi connectivity index (χ1v) is 10.4. The fourth-order valence-electron chi connectivity index (χ4n) is 3.48. The van der Waals surface area contributed by atoms with Crippen LogP contribution >= 0.6 is 23.8 Å². The number of halogens is 1. The van der Waals surface area contributed by atoms with Gasteiger partial charge < -0.3 is 20.9 Å². The third-order valence-electron chi connectivity index (χ3n) is 4.95. The van der Waals surface area contributed by atoms with Crippen molar-refractivity contribution in [2.75, 3.05) is 23.3 Å². The molecule has 0 saturated carbocycles. The maximum atomic E-state index is 13.1. The minimum Gasteiger partial charge on any atom is -0.372 e. The summed E-state index contributed by atoms with van der Waals surface area (Å²) in [7, 11) is 0. The molecule has 1 heterocycles. The van der Waals surface area contributed by atoms with Crippen molar-refractivity contribution in [1.82, 2.24) is 10.6 Å². The number of anilines is 2. The summed E-state index contributed by atoms with van der Waals surface area (Å²) >= 11 is 11.4. The second kappa shape index (κ2) is 9.29. The van der Waals surface area contributed by atoms with Crippen molar-refractivity contribution in [2.24, 2.45) is 0 Å². The highest BCUT2D eigenvalue weighted by Gasteiger charge is 2.30. The molecule has 1 atom stereocenters. The van der Waals surface area contributed by atoms with Gasteiger partial charge >= 0.3 is 0 Å². The number of nitrogens with one attached hydrogen (secondary N) is 3. The van der Waals surface area contributed by atoms with Crippen LogP contribution in [0, 0.1) is 0 Å². The Morgan fingerprint density at radius 1 is 1.17 bits per heavy atom. The lowest BCUT2D eigenvalue weighted by Gasteiger charge is -2.31. The van der Waals surface area contributed by atoms with Gasteiger partial charge in [-0.2, -0.15) is 0 Å². The van der Waals surface area contributed by atoms with Gasteiger partial charge in [0.2, 0.25) is 0 Å². The van der Waals surface area contributed by atoms with Crippen LogP contribution in [0.4, 0.5) is 11.4 Å². The second-order valence-corrected chi connectivity index (χ2v) is 7.64. The van der Waals surface area contributed by atoms with Crippen molar-refractivity contribution in [3.8, 4) is 0 Å². The molecule has 29 heavy (non-hydrogen) atoms. The van der Waals surface area contributed by atoms with Gasteiger partial charge in [-0.05, 0) is 68.9 Å². The Bertz CT molecular complexity index is 938. The van der Waals surface area contributed by atoms with E-state index < -0.39 is 0 Å². The number of rotatable bonds is 6. The van der Waals surface area contributed by atoms with E-state index in [1.54, 1.807) is 18.2 Å². The van der Waals surface area contributed by atoms with Crippen LogP contribution in [0.2, 0.25) is 5.02 Å². The Labute approximate surface area is 182 Å². The summed E-state index contributed by atoms with van der Waals surface area (Å²) in [6, 6.07) is 15.0. The van der Waals surface area contributed by atoms with E-state index in [9.17, 15) is 4.79 Å². The topological polar surface area (TPSA) is 56.4 Å².